The molecular formula is C17H15F2N3O2. The third-order valence-electron chi connectivity index (χ3n) is 3.78. The van der Waals surface area contributed by atoms with Gasteiger partial charge in [-0.1, -0.05) is 24.3 Å². The number of hydrogen-bond donors (Lipinski definition) is 3. The molecule has 1 aliphatic heterocycles. The van der Waals surface area contributed by atoms with E-state index in [9.17, 15) is 18.4 Å². The summed E-state index contributed by atoms with van der Waals surface area (Å²) in [6, 6.07) is 9.67. The number of benzene rings is 2. The van der Waals surface area contributed by atoms with E-state index in [-0.39, 0.29) is 12.5 Å². The smallest absolute Gasteiger partial charge is 0.315 e. The molecule has 0 radical (unpaired) electrons. The highest BCUT2D eigenvalue weighted by atomic mass is 19.1. The summed E-state index contributed by atoms with van der Waals surface area (Å²) in [5.74, 6) is -1.17. The largest absolute Gasteiger partial charge is 0.343 e. The first-order valence-corrected chi connectivity index (χ1v) is 7.38. The Morgan fingerprint density at radius 3 is 1.92 bits per heavy atom. The van der Waals surface area contributed by atoms with Crippen LogP contribution in [0.3, 0.4) is 0 Å². The molecule has 1 fully saturated rings. The fraction of sp³-hybridized carbons (Fsp3) is 0.176. The quantitative estimate of drug-likeness (QED) is 0.800. The fourth-order valence-electron chi connectivity index (χ4n) is 2.53. The Balaban J connectivity index is 1.86. The molecule has 0 unspecified atom stereocenters. The number of rotatable bonds is 4. The van der Waals surface area contributed by atoms with Crippen LogP contribution in [0.15, 0.2) is 48.5 Å². The molecular weight excluding hydrogens is 316 g/mol. The van der Waals surface area contributed by atoms with Crippen LogP contribution in [-0.2, 0) is 4.79 Å². The molecule has 1 atom stereocenters. The lowest BCUT2D eigenvalue weighted by atomic mass is 9.98. The first-order chi connectivity index (χ1) is 11.5. The number of nitrogens with one attached hydrogen (secondary N) is 3. The summed E-state index contributed by atoms with van der Waals surface area (Å²) >= 11 is 0. The van der Waals surface area contributed by atoms with Gasteiger partial charge in [0, 0.05) is 6.54 Å². The van der Waals surface area contributed by atoms with Gasteiger partial charge < -0.3 is 16.0 Å². The molecule has 5 nitrogen and oxygen atoms in total. The lowest BCUT2D eigenvalue weighted by Crippen LogP contribution is -2.44. The molecule has 0 aromatic heterocycles. The van der Waals surface area contributed by atoms with E-state index >= 15 is 0 Å². The van der Waals surface area contributed by atoms with Gasteiger partial charge in [0.15, 0.2) is 0 Å². The number of amides is 3. The summed E-state index contributed by atoms with van der Waals surface area (Å²) in [5.41, 5.74) is 1.29. The van der Waals surface area contributed by atoms with Crippen LogP contribution in [0.5, 0.6) is 0 Å². The second kappa shape index (κ2) is 6.66. The van der Waals surface area contributed by atoms with Gasteiger partial charge in [-0.25, -0.2) is 13.6 Å². The Labute approximate surface area is 137 Å². The summed E-state index contributed by atoms with van der Waals surface area (Å²) in [7, 11) is 0. The van der Waals surface area contributed by atoms with Gasteiger partial charge in [0.1, 0.15) is 17.7 Å². The van der Waals surface area contributed by atoms with Gasteiger partial charge in [0.25, 0.3) is 0 Å². The topological polar surface area (TPSA) is 70.2 Å². The van der Waals surface area contributed by atoms with Gasteiger partial charge in [0.2, 0.25) is 5.91 Å². The van der Waals surface area contributed by atoms with E-state index in [0.717, 1.165) is 0 Å². The molecule has 3 rings (SSSR count). The zero-order chi connectivity index (χ0) is 17.1. The van der Waals surface area contributed by atoms with E-state index < -0.39 is 29.7 Å². The van der Waals surface area contributed by atoms with Crippen LogP contribution < -0.4 is 16.0 Å². The lowest BCUT2D eigenvalue weighted by Gasteiger charge is -2.21. The number of carbonyl (C=O) groups is 2. The number of carbonyl (C=O) groups excluding carboxylic acids is 2. The molecule has 3 N–H and O–H groups in total. The first kappa shape index (κ1) is 15.9. The zero-order valence-corrected chi connectivity index (χ0v) is 12.6. The average Bonchev–Trinajstić information content (AvgIpc) is 3.01. The van der Waals surface area contributed by atoms with Crippen molar-refractivity contribution in [2.24, 2.45) is 0 Å². The van der Waals surface area contributed by atoms with E-state index in [1.807, 2.05) is 0 Å². The minimum absolute atomic E-state index is 0.185. The Hall–Kier alpha value is -2.96. The second-order valence-corrected chi connectivity index (χ2v) is 5.45. The predicted octanol–water partition coefficient (Wildman–Crippen LogP) is 1.85. The monoisotopic (exact) mass is 331 g/mol. The van der Waals surface area contributed by atoms with E-state index in [1.165, 1.54) is 24.3 Å². The van der Waals surface area contributed by atoms with Crippen molar-refractivity contribution in [3.05, 3.63) is 71.3 Å². The maximum absolute atomic E-state index is 13.2. The van der Waals surface area contributed by atoms with Crippen molar-refractivity contribution in [3.63, 3.8) is 0 Å². The van der Waals surface area contributed by atoms with Crippen molar-refractivity contribution in [2.75, 3.05) is 6.54 Å². The van der Waals surface area contributed by atoms with Crippen LogP contribution in [-0.4, -0.2) is 24.5 Å². The fourth-order valence-corrected chi connectivity index (χ4v) is 2.53. The molecule has 2 aromatic carbocycles. The molecule has 1 heterocycles. The summed E-state index contributed by atoms with van der Waals surface area (Å²) in [5, 5.41) is 7.82. The summed E-state index contributed by atoms with van der Waals surface area (Å²) in [4.78, 5) is 23.5. The summed E-state index contributed by atoms with van der Waals surface area (Å²) in [6.07, 6.45) is 0. The average molecular weight is 331 g/mol. The molecule has 1 aliphatic rings. The van der Waals surface area contributed by atoms with Crippen LogP contribution in [0.4, 0.5) is 13.6 Å². The third kappa shape index (κ3) is 3.51. The molecule has 0 spiro atoms. The molecule has 2 aromatic rings. The van der Waals surface area contributed by atoms with Crippen molar-refractivity contribution >= 4 is 11.9 Å². The SMILES string of the molecule is O=C1NC[C@@H](C(=O)NC(c2ccc(F)cc2)c2ccc(F)cc2)N1. The minimum atomic E-state index is -0.694. The van der Waals surface area contributed by atoms with Gasteiger partial charge in [-0.05, 0) is 35.4 Å². The number of hydrogen-bond acceptors (Lipinski definition) is 2. The van der Waals surface area contributed by atoms with Crippen molar-refractivity contribution < 1.29 is 18.4 Å². The van der Waals surface area contributed by atoms with E-state index in [0.29, 0.717) is 11.1 Å². The first-order valence-electron chi connectivity index (χ1n) is 7.38. The highest BCUT2D eigenvalue weighted by Gasteiger charge is 2.29. The molecule has 24 heavy (non-hydrogen) atoms. The Morgan fingerprint density at radius 1 is 1.00 bits per heavy atom. The molecule has 0 saturated carbocycles. The van der Waals surface area contributed by atoms with Crippen molar-refractivity contribution in [3.8, 4) is 0 Å². The highest BCUT2D eigenvalue weighted by Crippen LogP contribution is 2.23. The van der Waals surface area contributed by atoms with Crippen molar-refractivity contribution in [1.29, 1.82) is 0 Å². The van der Waals surface area contributed by atoms with E-state index in [2.05, 4.69) is 16.0 Å². The van der Waals surface area contributed by atoms with Crippen LogP contribution in [0.2, 0.25) is 0 Å². The molecule has 124 valence electrons. The normalized spacial score (nSPS) is 16.6. The Bertz CT molecular complexity index is 702. The molecule has 0 aliphatic carbocycles. The Kier molecular flexibility index (Phi) is 4.41. The van der Waals surface area contributed by atoms with Crippen LogP contribution >= 0.6 is 0 Å². The minimum Gasteiger partial charge on any atom is -0.343 e. The van der Waals surface area contributed by atoms with Crippen LogP contribution in [0.1, 0.15) is 17.2 Å². The van der Waals surface area contributed by atoms with Crippen molar-refractivity contribution in [1.82, 2.24) is 16.0 Å². The molecule has 1 saturated heterocycles. The zero-order valence-electron chi connectivity index (χ0n) is 12.6. The van der Waals surface area contributed by atoms with E-state index in [4.69, 9.17) is 0 Å². The van der Waals surface area contributed by atoms with Gasteiger partial charge >= 0.3 is 6.03 Å². The van der Waals surface area contributed by atoms with E-state index in [1.54, 1.807) is 24.3 Å². The maximum Gasteiger partial charge on any atom is 0.315 e. The number of halogens is 2. The molecule has 0 bridgehead atoms. The number of urea groups is 1. The predicted molar refractivity (Wildman–Crippen MR) is 83.1 cm³/mol. The lowest BCUT2D eigenvalue weighted by molar-refractivity contribution is -0.122. The third-order valence-corrected chi connectivity index (χ3v) is 3.78. The van der Waals surface area contributed by atoms with Gasteiger partial charge in [-0.15, -0.1) is 0 Å². The summed E-state index contributed by atoms with van der Waals surface area (Å²) < 4.78 is 26.3. The standard InChI is InChI=1S/C17H15F2N3O2/c18-12-5-1-10(2-6-12)15(11-3-7-13(19)8-4-11)22-16(23)14-9-20-17(24)21-14/h1-8,14-15H,9H2,(H,22,23)(H2,20,21,24)/t14-/m0/s1. The molecule has 7 heteroatoms. The summed E-state index contributed by atoms with van der Waals surface area (Å²) in [6.45, 7) is 0.185. The van der Waals surface area contributed by atoms with Crippen LogP contribution in [0.25, 0.3) is 0 Å². The highest BCUT2D eigenvalue weighted by molar-refractivity contribution is 5.90. The van der Waals surface area contributed by atoms with Gasteiger partial charge in [-0.2, -0.15) is 0 Å². The van der Waals surface area contributed by atoms with Crippen LogP contribution in [0, 0.1) is 11.6 Å². The van der Waals surface area contributed by atoms with Crippen molar-refractivity contribution in [2.45, 2.75) is 12.1 Å². The maximum atomic E-state index is 13.2. The second-order valence-electron chi connectivity index (χ2n) is 5.45. The van der Waals surface area contributed by atoms with Gasteiger partial charge in [-0.3, -0.25) is 4.79 Å². The Morgan fingerprint density at radius 2 is 1.50 bits per heavy atom. The molecule has 3 amide bonds. The van der Waals surface area contributed by atoms with Gasteiger partial charge in [0.05, 0.1) is 6.04 Å².